The summed E-state index contributed by atoms with van der Waals surface area (Å²) in [5.41, 5.74) is 0. The third-order valence-electron chi connectivity index (χ3n) is 11.1. The third kappa shape index (κ3) is 49.2. The summed E-state index contributed by atoms with van der Waals surface area (Å²) in [7, 11) is 1.17. The smallest absolute Gasteiger partial charge is 0.306 e. The molecule has 368 valence electrons. The monoisotopic (exact) mass is 908 g/mol. The Labute approximate surface area is 388 Å². The zero-order chi connectivity index (χ0) is 46.4. The van der Waals surface area contributed by atoms with Crippen LogP contribution in [0.5, 0.6) is 0 Å². The van der Waals surface area contributed by atoms with Crippen LogP contribution in [-0.2, 0) is 32.7 Å². The lowest BCUT2D eigenvalue weighted by Gasteiger charge is -2.28. The maximum absolute atomic E-state index is 12.7. The first kappa shape index (κ1) is 61.0. The molecule has 0 N–H and O–H groups in total. The highest BCUT2D eigenvalue weighted by molar-refractivity contribution is 7.45. The number of hydrogen-bond acceptors (Lipinski definition) is 8. The van der Waals surface area contributed by atoms with E-state index >= 15 is 0 Å². The fraction of sp³-hybridized carbons (Fsp3) is 0.811. The summed E-state index contributed by atoms with van der Waals surface area (Å²) < 4.78 is 34.0. The normalized spacial score (nSPS) is 13.8. The van der Waals surface area contributed by atoms with Gasteiger partial charge >= 0.3 is 11.9 Å². The lowest BCUT2D eigenvalue weighted by Crippen LogP contribution is -2.37. The van der Waals surface area contributed by atoms with Crippen molar-refractivity contribution in [3.63, 3.8) is 0 Å². The second-order valence-electron chi connectivity index (χ2n) is 18.5. The molecule has 0 saturated heterocycles. The van der Waals surface area contributed by atoms with E-state index < -0.39 is 26.5 Å². The molecule has 0 bridgehead atoms. The van der Waals surface area contributed by atoms with Gasteiger partial charge in [-0.2, -0.15) is 0 Å². The van der Waals surface area contributed by atoms with Crippen LogP contribution in [0.1, 0.15) is 226 Å². The molecule has 2 atom stereocenters. The van der Waals surface area contributed by atoms with Crippen LogP contribution in [0, 0.1) is 0 Å². The molecular formula is C53H98NO8P. The van der Waals surface area contributed by atoms with Crippen LogP contribution in [0.4, 0.5) is 0 Å². The molecule has 0 aromatic heterocycles. The van der Waals surface area contributed by atoms with Gasteiger partial charge in [-0.25, -0.2) is 0 Å². The van der Waals surface area contributed by atoms with Gasteiger partial charge in [-0.3, -0.25) is 14.2 Å². The fourth-order valence-corrected chi connectivity index (χ4v) is 7.85. The quantitative estimate of drug-likeness (QED) is 0.0195. The Hall–Kier alpha value is -2.03. The average molecular weight is 908 g/mol. The van der Waals surface area contributed by atoms with Crippen molar-refractivity contribution in [1.82, 2.24) is 0 Å². The number of quaternary nitrogens is 1. The van der Waals surface area contributed by atoms with Crippen LogP contribution in [-0.4, -0.2) is 70.0 Å². The third-order valence-corrected chi connectivity index (χ3v) is 12.1. The topological polar surface area (TPSA) is 111 Å². The van der Waals surface area contributed by atoms with E-state index in [2.05, 4.69) is 62.5 Å². The standard InChI is InChI=1S/C53H98NO8P/c1-6-8-10-12-14-16-18-19-20-21-22-23-24-25-26-27-28-29-30-31-32-33-34-35-36-38-40-42-44-46-53(56)62-51(50-61-63(57,58)60-48-47-54(3,4)5)49-59-52(55)45-43-41-39-37-17-15-13-11-9-7-2/h8,10,14,16,19-20,22-23,51H,6-7,9,11-13,15,17-18,21,24-50H2,1-5H3/b10-8-,16-14-,20-19-,23-22-. The van der Waals surface area contributed by atoms with Crippen LogP contribution < -0.4 is 4.89 Å². The Morgan fingerprint density at radius 2 is 0.905 bits per heavy atom. The van der Waals surface area contributed by atoms with Crippen molar-refractivity contribution in [3.05, 3.63) is 48.6 Å². The van der Waals surface area contributed by atoms with Crippen molar-refractivity contribution < 1.29 is 42.1 Å². The van der Waals surface area contributed by atoms with E-state index in [0.717, 1.165) is 64.2 Å². The predicted octanol–water partition coefficient (Wildman–Crippen LogP) is 14.8. The van der Waals surface area contributed by atoms with Crippen LogP contribution in [0.15, 0.2) is 48.6 Å². The van der Waals surface area contributed by atoms with Gasteiger partial charge < -0.3 is 27.9 Å². The fourth-order valence-electron chi connectivity index (χ4n) is 7.12. The van der Waals surface area contributed by atoms with Crippen molar-refractivity contribution in [1.29, 1.82) is 0 Å². The number of unbranched alkanes of at least 4 members (excludes halogenated alkanes) is 25. The molecule has 0 spiro atoms. The van der Waals surface area contributed by atoms with Gasteiger partial charge in [-0.15, -0.1) is 0 Å². The second-order valence-corrected chi connectivity index (χ2v) is 19.9. The number of ether oxygens (including phenoxy) is 2. The maximum atomic E-state index is 12.7. The number of hydrogen-bond donors (Lipinski definition) is 0. The van der Waals surface area contributed by atoms with E-state index in [4.69, 9.17) is 18.5 Å². The first-order valence-electron chi connectivity index (χ1n) is 25.8. The van der Waals surface area contributed by atoms with Gasteiger partial charge in [0.2, 0.25) is 0 Å². The molecule has 0 aliphatic carbocycles. The van der Waals surface area contributed by atoms with Crippen molar-refractivity contribution in [2.45, 2.75) is 232 Å². The molecule has 0 amide bonds. The minimum Gasteiger partial charge on any atom is -0.756 e. The maximum Gasteiger partial charge on any atom is 0.306 e. The SMILES string of the molecule is CC/C=C\C/C=C\C/C=C\C/C=C\CCCCCCCCCCCCCCCCCCC(=O)OC(COC(=O)CCCCCCCCCCCC)COP(=O)([O-])OCC[N+](C)(C)C. The van der Waals surface area contributed by atoms with Crippen LogP contribution in [0.25, 0.3) is 0 Å². The summed E-state index contributed by atoms with van der Waals surface area (Å²) in [6.45, 7) is 4.12. The minimum absolute atomic E-state index is 0.0296. The molecule has 0 aromatic carbocycles. The Balaban J connectivity index is 4.06. The molecule has 0 aliphatic heterocycles. The van der Waals surface area contributed by atoms with Crippen molar-refractivity contribution in [2.24, 2.45) is 0 Å². The van der Waals surface area contributed by atoms with Crippen molar-refractivity contribution >= 4 is 19.8 Å². The predicted molar refractivity (Wildman–Crippen MR) is 264 cm³/mol. The molecule has 0 aromatic rings. The Morgan fingerprint density at radius 3 is 1.35 bits per heavy atom. The van der Waals surface area contributed by atoms with E-state index in [-0.39, 0.29) is 32.0 Å². The molecular weight excluding hydrogens is 810 g/mol. The number of allylic oxidation sites excluding steroid dienone is 8. The molecule has 0 fully saturated rings. The van der Waals surface area contributed by atoms with Crippen LogP contribution >= 0.6 is 7.82 Å². The summed E-state index contributed by atoms with van der Waals surface area (Å²) in [6, 6.07) is 0. The van der Waals surface area contributed by atoms with Crippen LogP contribution in [0.3, 0.4) is 0 Å². The first-order valence-corrected chi connectivity index (χ1v) is 27.3. The summed E-state index contributed by atoms with van der Waals surface area (Å²) >= 11 is 0. The van der Waals surface area contributed by atoms with Gasteiger partial charge in [-0.1, -0.05) is 210 Å². The highest BCUT2D eigenvalue weighted by Crippen LogP contribution is 2.38. The van der Waals surface area contributed by atoms with E-state index in [1.807, 2.05) is 21.1 Å². The molecule has 0 heterocycles. The lowest BCUT2D eigenvalue weighted by atomic mass is 10.0. The molecule has 0 saturated carbocycles. The number of carbonyl (C=O) groups is 2. The van der Waals surface area contributed by atoms with E-state index in [1.54, 1.807) is 0 Å². The first-order chi connectivity index (χ1) is 30.5. The largest absolute Gasteiger partial charge is 0.756 e. The Kier molecular flexibility index (Phi) is 43.7. The number of phosphoric acid groups is 1. The summed E-state index contributed by atoms with van der Waals surface area (Å²) in [5, 5.41) is 0. The molecule has 0 radical (unpaired) electrons. The lowest BCUT2D eigenvalue weighted by molar-refractivity contribution is -0.870. The molecule has 2 unspecified atom stereocenters. The van der Waals surface area contributed by atoms with Crippen molar-refractivity contribution in [3.8, 4) is 0 Å². The summed E-state index contributed by atoms with van der Waals surface area (Å²) in [6.07, 6.45) is 54.5. The minimum atomic E-state index is -4.62. The highest BCUT2D eigenvalue weighted by atomic mass is 31.2. The van der Waals surface area contributed by atoms with E-state index in [0.29, 0.717) is 17.4 Å². The van der Waals surface area contributed by atoms with Gasteiger partial charge in [0.15, 0.2) is 6.10 Å². The van der Waals surface area contributed by atoms with E-state index in [1.165, 1.54) is 128 Å². The summed E-state index contributed by atoms with van der Waals surface area (Å²) in [4.78, 5) is 37.6. The summed E-state index contributed by atoms with van der Waals surface area (Å²) in [5.74, 6) is -0.829. The molecule has 10 heteroatoms. The van der Waals surface area contributed by atoms with E-state index in [9.17, 15) is 19.0 Å². The van der Waals surface area contributed by atoms with Crippen LogP contribution in [0.2, 0.25) is 0 Å². The highest BCUT2D eigenvalue weighted by Gasteiger charge is 2.21. The molecule has 0 rings (SSSR count). The molecule has 63 heavy (non-hydrogen) atoms. The number of nitrogens with zero attached hydrogens (tertiary/aromatic N) is 1. The number of likely N-dealkylation sites (N-methyl/N-ethyl adjacent to an activating group) is 1. The van der Waals surface area contributed by atoms with Gasteiger partial charge in [0.25, 0.3) is 7.82 Å². The molecule has 0 aliphatic rings. The Morgan fingerprint density at radius 1 is 0.508 bits per heavy atom. The van der Waals surface area contributed by atoms with Gasteiger partial charge in [0.05, 0.1) is 27.7 Å². The zero-order valence-corrected chi connectivity index (χ0v) is 42.4. The Bertz CT molecular complexity index is 1210. The van der Waals surface area contributed by atoms with Gasteiger partial charge in [0, 0.05) is 12.8 Å². The second kappa shape index (κ2) is 45.1. The van der Waals surface area contributed by atoms with Gasteiger partial charge in [0.1, 0.15) is 19.8 Å². The average Bonchev–Trinajstić information content (AvgIpc) is 3.24. The van der Waals surface area contributed by atoms with Gasteiger partial charge in [-0.05, 0) is 51.4 Å². The number of rotatable bonds is 47. The zero-order valence-electron chi connectivity index (χ0n) is 41.5. The number of carbonyl (C=O) groups excluding carboxylic acids is 2. The van der Waals surface area contributed by atoms with Crippen molar-refractivity contribution in [2.75, 3.05) is 47.5 Å². The number of phosphoric ester groups is 1. The molecule has 9 nitrogen and oxygen atoms in total. The number of esters is 2.